The minimum atomic E-state index is 0.112. The number of rotatable bonds is 2. The third kappa shape index (κ3) is 1.87. The van der Waals surface area contributed by atoms with E-state index in [-0.39, 0.29) is 17.6 Å². The number of phenols is 1. The molecule has 96 valence electrons. The average Bonchev–Trinajstić information content (AvgIpc) is 2.80. The maximum absolute atomic E-state index is 12.1. The summed E-state index contributed by atoms with van der Waals surface area (Å²) < 4.78 is 0. The maximum atomic E-state index is 12.1. The van der Waals surface area contributed by atoms with Crippen LogP contribution in [0.1, 0.15) is 6.42 Å². The van der Waals surface area contributed by atoms with Crippen molar-refractivity contribution in [2.75, 3.05) is 11.4 Å². The van der Waals surface area contributed by atoms with Crippen LogP contribution in [0.25, 0.3) is 10.8 Å². The minimum absolute atomic E-state index is 0.112. The number of phenolic OH excluding ortho intramolecular Hbond substituents is 1. The van der Waals surface area contributed by atoms with E-state index in [4.69, 9.17) is 0 Å². The first-order chi connectivity index (χ1) is 9.20. The molecule has 2 aromatic carbocycles. The van der Waals surface area contributed by atoms with Gasteiger partial charge in [-0.1, -0.05) is 30.3 Å². The highest BCUT2D eigenvalue weighted by Crippen LogP contribution is 2.35. The molecular weight excluding hydrogens is 238 g/mol. The molecule has 19 heavy (non-hydrogen) atoms. The second kappa shape index (κ2) is 4.43. The van der Waals surface area contributed by atoms with Crippen molar-refractivity contribution in [3.8, 4) is 5.75 Å². The van der Waals surface area contributed by atoms with Gasteiger partial charge >= 0.3 is 0 Å². The zero-order valence-corrected chi connectivity index (χ0v) is 10.5. The molecule has 0 spiro atoms. The third-order valence-electron chi connectivity index (χ3n) is 3.66. The molecule has 1 unspecified atom stereocenters. The number of fused-ring (bicyclic) bond motifs is 1. The molecule has 0 aliphatic carbocycles. The quantitative estimate of drug-likeness (QED) is 0.835. The van der Waals surface area contributed by atoms with Gasteiger partial charge in [-0.3, -0.25) is 4.79 Å². The zero-order valence-electron chi connectivity index (χ0n) is 10.5. The van der Waals surface area contributed by atoms with Crippen molar-refractivity contribution in [1.82, 2.24) is 0 Å². The van der Waals surface area contributed by atoms with E-state index in [1.54, 1.807) is 17.0 Å². The van der Waals surface area contributed by atoms with E-state index in [2.05, 4.69) is 6.58 Å². The van der Waals surface area contributed by atoms with Gasteiger partial charge < -0.3 is 10.0 Å². The molecule has 0 radical (unpaired) electrons. The SMILES string of the molecule is C=CC1CC(=O)N(c2cccc3c(O)cccc23)C1. The van der Waals surface area contributed by atoms with Crippen LogP contribution in [-0.4, -0.2) is 17.6 Å². The lowest BCUT2D eigenvalue weighted by molar-refractivity contribution is -0.117. The molecule has 0 saturated carbocycles. The monoisotopic (exact) mass is 253 g/mol. The van der Waals surface area contributed by atoms with E-state index >= 15 is 0 Å². The predicted octanol–water partition coefficient (Wildman–Crippen LogP) is 3.08. The van der Waals surface area contributed by atoms with E-state index in [1.165, 1.54) is 0 Å². The number of hydrogen-bond acceptors (Lipinski definition) is 2. The summed E-state index contributed by atoms with van der Waals surface area (Å²) in [6.45, 7) is 4.43. The molecule has 2 aromatic rings. The summed E-state index contributed by atoms with van der Waals surface area (Å²) in [6.07, 6.45) is 2.35. The van der Waals surface area contributed by atoms with E-state index < -0.39 is 0 Å². The van der Waals surface area contributed by atoms with Gasteiger partial charge in [-0.05, 0) is 12.1 Å². The van der Waals surface area contributed by atoms with E-state index in [0.29, 0.717) is 13.0 Å². The van der Waals surface area contributed by atoms with Crippen molar-refractivity contribution in [1.29, 1.82) is 0 Å². The average molecular weight is 253 g/mol. The molecule has 3 heteroatoms. The Bertz CT molecular complexity index is 663. The van der Waals surface area contributed by atoms with Gasteiger partial charge in [0.2, 0.25) is 5.91 Å². The van der Waals surface area contributed by atoms with Crippen LogP contribution in [0.15, 0.2) is 49.1 Å². The van der Waals surface area contributed by atoms with Gasteiger partial charge in [0.15, 0.2) is 0 Å². The Kier molecular flexibility index (Phi) is 2.75. The molecule has 1 saturated heterocycles. The van der Waals surface area contributed by atoms with Crippen LogP contribution in [0, 0.1) is 5.92 Å². The van der Waals surface area contributed by atoms with E-state index in [9.17, 15) is 9.90 Å². The Hall–Kier alpha value is -2.29. The number of carbonyl (C=O) groups excluding carboxylic acids is 1. The molecule has 1 amide bonds. The molecule has 0 aromatic heterocycles. The van der Waals surface area contributed by atoms with Gasteiger partial charge in [0.25, 0.3) is 0 Å². The summed E-state index contributed by atoms with van der Waals surface area (Å²) in [5.41, 5.74) is 0.864. The summed E-state index contributed by atoms with van der Waals surface area (Å²) in [5.74, 6) is 0.562. The van der Waals surface area contributed by atoms with Gasteiger partial charge in [0.05, 0.1) is 5.69 Å². The lowest BCUT2D eigenvalue weighted by atomic mass is 10.1. The first-order valence-corrected chi connectivity index (χ1v) is 6.34. The topological polar surface area (TPSA) is 40.5 Å². The Morgan fingerprint density at radius 1 is 1.21 bits per heavy atom. The van der Waals surface area contributed by atoms with Crippen LogP contribution in [-0.2, 0) is 4.79 Å². The number of anilines is 1. The standard InChI is InChI=1S/C16H15NO2/c1-2-11-9-16(19)17(10-11)14-7-3-6-13-12(14)5-4-8-15(13)18/h2-8,11,18H,1,9-10H2. The Balaban J connectivity index is 2.13. The summed E-state index contributed by atoms with van der Waals surface area (Å²) >= 11 is 0. The number of aromatic hydroxyl groups is 1. The number of carbonyl (C=O) groups is 1. The van der Waals surface area contributed by atoms with Crippen molar-refractivity contribution in [3.05, 3.63) is 49.1 Å². The van der Waals surface area contributed by atoms with Crippen molar-refractivity contribution in [3.63, 3.8) is 0 Å². The lowest BCUT2D eigenvalue weighted by Crippen LogP contribution is -2.24. The summed E-state index contributed by atoms with van der Waals surface area (Å²) in [7, 11) is 0. The van der Waals surface area contributed by atoms with Gasteiger partial charge in [0.1, 0.15) is 5.75 Å². The maximum Gasteiger partial charge on any atom is 0.227 e. The van der Waals surface area contributed by atoms with Crippen LogP contribution in [0.3, 0.4) is 0 Å². The summed E-state index contributed by atoms with van der Waals surface area (Å²) in [6, 6.07) is 11.0. The Morgan fingerprint density at radius 2 is 1.95 bits per heavy atom. The highest BCUT2D eigenvalue weighted by molar-refractivity contribution is 6.06. The lowest BCUT2D eigenvalue weighted by Gasteiger charge is -2.18. The molecule has 1 aliphatic heterocycles. The predicted molar refractivity (Wildman–Crippen MR) is 76.3 cm³/mol. The fraction of sp³-hybridized carbons (Fsp3) is 0.188. The van der Waals surface area contributed by atoms with Gasteiger partial charge in [-0.25, -0.2) is 0 Å². The van der Waals surface area contributed by atoms with Crippen molar-refractivity contribution < 1.29 is 9.90 Å². The van der Waals surface area contributed by atoms with Crippen LogP contribution >= 0.6 is 0 Å². The zero-order chi connectivity index (χ0) is 13.4. The first-order valence-electron chi connectivity index (χ1n) is 6.34. The highest BCUT2D eigenvalue weighted by atomic mass is 16.3. The molecule has 1 aliphatic rings. The van der Waals surface area contributed by atoms with Crippen LogP contribution in [0.4, 0.5) is 5.69 Å². The van der Waals surface area contributed by atoms with E-state index in [0.717, 1.165) is 16.5 Å². The fourth-order valence-electron chi connectivity index (χ4n) is 2.64. The second-order valence-electron chi connectivity index (χ2n) is 4.85. The second-order valence-corrected chi connectivity index (χ2v) is 4.85. The van der Waals surface area contributed by atoms with Crippen LogP contribution in [0.5, 0.6) is 5.75 Å². The van der Waals surface area contributed by atoms with Gasteiger partial charge in [-0.15, -0.1) is 6.58 Å². The van der Waals surface area contributed by atoms with Crippen molar-refractivity contribution >= 4 is 22.4 Å². The molecular formula is C16H15NO2. The number of benzene rings is 2. The molecule has 3 nitrogen and oxygen atoms in total. The number of nitrogens with zero attached hydrogens (tertiary/aromatic N) is 1. The molecule has 3 rings (SSSR count). The molecule has 0 bridgehead atoms. The largest absolute Gasteiger partial charge is 0.507 e. The number of amides is 1. The summed E-state index contributed by atoms with van der Waals surface area (Å²) in [4.78, 5) is 13.9. The molecule has 1 fully saturated rings. The van der Waals surface area contributed by atoms with Crippen molar-refractivity contribution in [2.24, 2.45) is 5.92 Å². The molecule has 1 heterocycles. The summed E-state index contributed by atoms with van der Waals surface area (Å²) in [5, 5.41) is 11.6. The van der Waals surface area contributed by atoms with E-state index in [1.807, 2.05) is 30.3 Å². The smallest absolute Gasteiger partial charge is 0.227 e. The van der Waals surface area contributed by atoms with Gasteiger partial charge in [0, 0.05) is 29.7 Å². The Labute approximate surface area is 111 Å². The molecule has 1 N–H and O–H groups in total. The fourth-order valence-corrected chi connectivity index (χ4v) is 2.64. The normalized spacial score (nSPS) is 19.1. The highest BCUT2D eigenvalue weighted by Gasteiger charge is 2.29. The van der Waals surface area contributed by atoms with Gasteiger partial charge in [-0.2, -0.15) is 0 Å². The number of hydrogen-bond donors (Lipinski definition) is 1. The first kappa shape index (κ1) is 11.8. The van der Waals surface area contributed by atoms with Crippen LogP contribution < -0.4 is 4.90 Å². The molecule has 1 atom stereocenters. The van der Waals surface area contributed by atoms with Crippen LogP contribution in [0.2, 0.25) is 0 Å². The van der Waals surface area contributed by atoms with Crippen molar-refractivity contribution in [2.45, 2.75) is 6.42 Å². The minimum Gasteiger partial charge on any atom is -0.507 e. The third-order valence-corrected chi connectivity index (χ3v) is 3.66. The Morgan fingerprint density at radius 3 is 2.68 bits per heavy atom.